The summed E-state index contributed by atoms with van der Waals surface area (Å²) in [5.41, 5.74) is 4.76. The maximum atomic E-state index is 16.1. The highest BCUT2D eigenvalue weighted by molar-refractivity contribution is 8.22. The molecule has 234 valence electrons. The summed E-state index contributed by atoms with van der Waals surface area (Å²) in [5, 5.41) is 14.0. The Hall–Kier alpha value is -3.61. The quantitative estimate of drug-likeness (QED) is 0.131. The summed E-state index contributed by atoms with van der Waals surface area (Å²) >= 11 is 0. The molecule has 11 heteroatoms. The molecule has 0 aliphatic carbocycles. The van der Waals surface area contributed by atoms with Crippen molar-refractivity contribution in [1.82, 2.24) is 29.9 Å². The van der Waals surface area contributed by atoms with E-state index in [1.807, 2.05) is 50.2 Å². The summed E-state index contributed by atoms with van der Waals surface area (Å²) in [7, 11) is -1.45. The molecular weight excluding hydrogens is 579 g/mol. The summed E-state index contributed by atoms with van der Waals surface area (Å²) in [5.74, 6) is -0.650. The second-order valence-corrected chi connectivity index (χ2v) is 13.2. The minimum absolute atomic E-state index is 0.140. The molecule has 0 spiro atoms. The summed E-state index contributed by atoms with van der Waals surface area (Å²) in [6.07, 6.45) is 3.10. The Morgan fingerprint density at radius 2 is 1.93 bits per heavy atom. The molecule has 1 aliphatic heterocycles. The lowest BCUT2D eigenvalue weighted by molar-refractivity contribution is -0.116. The largest absolute Gasteiger partial charge is 0.351 e. The fourth-order valence-corrected chi connectivity index (χ4v) is 7.51. The first kappa shape index (κ1) is 31.8. The zero-order chi connectivity index (χ0) is 31.4. The van der Waals surface area contributed by atoms with Crippen molar-refractivity contribution in [1.29, 1.82) is 0 Å². The zero-order valence-corrected chi connectivity index (χ0v) is 26.5. The second-order valence-electron chi connectivity index (χ2n) is 11.2. The van der Waals surface area contributed by atoms with Crippen LogP contribution in [0.1, 0.15) is 48.1 Å². The van der Waals surface area contributed by atoms with E-state index in [2.05, 4.69) is 27.9 Å². The van der Waals surface area contributed by atoms with Crippen LogP contribution < -0.4 is 10.6 Å². The van der Waals surface area contributed by atoms with Gasteiger partial charge in [0.05, 0.1) is 10.4 Å². The third-order valence-electron chi connectivity index (χ3n) is 8.35. The minimum Gasteiger partial charge on any atom is -0.351 e. The Labute approximate surface area is 259 Å². The summed E-state index contributed by atoms with van der Waals surface area (Å²) in [6, 6.07) is 16.7. The van der Waals surface area contributed by atoms with Crippen LogP contribution in [0.5, 0.6) is 0 Å². The van der Waals surface area contributed by atoms with Crippen molar-refractivity contribution in [3.63, 3.8) is 0 Å². The Kier molecular flexibility index (Phi) is 9.81. The fourth-order valence-electron chi connectivity index (χ4n) is 5.73. The van der Waals surface area contributed by atoms with Gasteiger partial charge < -0.3 is 10.6 Å². The van der Waals surface area contributed by atoms with Gasteiger partial charge >= 0.3 is 0 Å². The normalized spacial score (nSPS) is 17.7. The third-order valence-corrected chi connectivity index (χ3v) is 10.3. The van der Waals surface area contributed by atoms with Crippen molar-refractivity contribution >= 4 is 33.3 Å². The first-order chi connectivity index (χ1) is 21.2. The molecule has 0 saturated carbocycles. The molecule has 3 aromatic carbocycles. The summed E-state index contributed by atoms with van der Waals surface area (Å²) < 4.78 is 42.7. The average molecular weight is 621 g/mol. The predicted molar refractivity (Wildman–Crippen MR) is 174 cm³/mol. The maximum Gasteiger partial charge on any atom is 0.244 e. The van der Waals surface area contributed by atoms with E-state index in [1.165, 1.54) is 6.08 Å². The number of aryl methyl sites for hydroxylation is 2. The number of halogens is 1. The van der Waals surface area contributed by atoms with E-state index in [0.29, 0.717) is 47.7 Å². The number of likely N-dealkylation sites (N-methyl/N-ethyl adjacent to an activating group) is 1. The van der Waals surface area contributed by atoms with Crippen LogP contribution in [0.15, 0.2) is 65.6 Å². The van der Waals surface area contributed by atoms with E-state index in [9.17, 15) is 13.9 Å². The summed E-state index contributed by atoms with van der Waals surface area (Å²) in [4.78, 5) is 13.6. The number of nitrogens with zero attached hydrogens (tertiary/aromatic N) is 4. The SMILES string of the molecule is CC[C@H]1Cc2ccccc2S(O)(O)N(Cc2cc(/C(=C/C(=O)NCCNC)c3ccc4c(nnn4CC)c3F)ccc2C)C1. The van der Waals surface area contributed by atoms with Crippen LogP contribution in [0.2, 0.25) is 0 Å². The van der Waals surface area contributed by atoms with E-state index in [-0.39, 0.29) is 29.4 Å². The van der Waals surface area contributed by atoms with Crippen LogP contribution in [0.3, 0.4) is 0 Å². The van der Waals surface area contributed by atoms with E-state index in [4.69, 9.17) is 0 Å². The van der Waals surface area contributed by atoms with Gasteiger partial charge in [-0.1, -0.05) is 48.9 Å². The van der Waals surface area contributed by atoms with E-state index in [1.54, 1.807) is 34.2 Å². The van der Waals surface area contributed by atoms with Crippen LogP contribution in [0, 0.1) is 18.7 Å². The van der Waals surface area contributed by atoms with Crippen LogP contribution in [-0.2, 0) is 24.3 Å². The molecule has 1 aliphatic rings. The van der Waals surface area contributed by atoms with Crippen molar-refractivity contribution in [2.45, 2.75) is 51.6 Å². The second kappa shape index (κ2) is 13.6. The van der Waals surface area contributed by atoms with Gasteiger partial charge in [0.15, 0.2) is 5.82 Å². The number of fused-ring (bicyclic) bond motifs is 2. The molecule has 0 bridgehead atoms. The maximum absolute atomic E-state index is 16.1. The minimum atomic E-state index is -3.25. The Bertz CT molecular complexity index is 1690. The van der Waals surface area contributed by atoms with Gasteiger partial charge in [-0.3, -0.25) is 13.9 Å². The Balaban J connectivity index is 1.57. The van der Waals surface area contributed by atoms with Gasteiger partial charge in [0.1, 0.15) is 5.52 Å². The molecule has 9 nitrogen and oxygen atoms in total. The van der Waals surface area contributed by atoms with Gasteiger partial charge in [0.25, 0.3) is 0 Å². The molecule has 2 heterocycles. The van der Waals surface area contributed by atoms with Gasteiger partial charge in [-0.15, -0.1) is 15.9 Å². The highest BCUT2D eigenvalue weighted by Crippen LogP contribution is 2.56. The molecule has 44 heavy (non-hydrogen) atoms. The molecule has 0 saturated heterocycles. The number of benzene rings is 3. The smallest absolute Gasteiger partial charge is 0.244 e. The Morgan fingerprint density at radius 1 is 1.14 bits per heavy atom. The predicted octanol–water partition coefficient (Wildman–Crippen LogP) is 5.78. The molecule has 1 aromatic heterocycles. The van der Waals surface area contributed by atoms with Gasteiger partial charge in [0.2, 0.25) is 5.91 Å². The van der Waals surface area contributed by atoms with Crippen LogP contribution >= 0.6 is 10.8 Å². The van der Waals surface area contributed by atoms with Crippen molar-refractivity contribution in [2.75, 3.05) is 26.7 Å². The van der Waals surface area contributed by atoms with Crippen molar-refractivity contribution in [3.8, 4) is 0 Å². The number of rotatable bonds is 10. The Morgan fingerprint density at radius 3 is 2.68 bits per heavy atom. The standard InChI is InChI=1S/C33H41FN6O3S/c1-5-23-17-25-9-7-8-10-30(25)44(42,43)39(20-23)21-26-18-24(12-11-22(26)3)28(19-31(41)36-16-15-35-4)27-13-14-29-33(32(27)34)37-38-40(29)6-2/h7-14,18-19,23,35,42-43H,5-6,15-17,20-21H2,1-4H3,(H,36,41)/b28-19-/t23-/m0/s1. The monoisotopic (exact) mass is 620 g/mol. The number of hydrogen-bond donors (Lipinski definition) is 4. The van der Waals surface area contributed by atoms with Crippen LogP contribution in [0.4, 0.5) is 4.39 Å². The molecule has 1 amide bonds. The average Bonchev–Trinajstić information content (AvgIpc) is 3.40. The number of aromatic nitrogens is 3. The molecule has 4 aromatic rings. The molecule has 0 fully saturated rings. The highest BCUT2D eigenvalue weighted by atomic mass is 32.3. The van der Waals surface area contributed by atoms with E-state index >= 15 is 4.39 Å². The van der Waals surface area contributed by atoms with Crippen LogP contribution in [-0.4, -0.2) is 61.0 Å². The third kappa shape index (κ3) is 6.43. The topological polar surface area (TPSA) is 116 Å². The number of amides is 1. The first-order valence-electron chi connectivity index (χ1n) is 15.0. The van der Waals surface area contributed by atoms with E-state index in [0.717, 1.165) is 29.5 Å². The fraction of sp³-hybridized carbons (Fsp3) is 0.364. The van der Waals surface area contributed by atoms with Crippen molar-refractivity contribution in [2.24, 2.45) is 5.92 Å². The van der Waals surface area contributed by atoms with Crippen molar-refractivity contribution in [3.05, 3.63) is 94.3 Å². The molecule has 0 unspecified atom stereocenters. The summed E-state index contributed by atoms with van der Waals surface area (Å²) in [6.45, 7) is 8.36. The number of carbonyl (C=O) groups is 1. The number of nitrogens with one attached hydrogen (secondary N) is 2. The van der Waals surface area contributed by atoms with E-state index < -0.39 is 16.6 Å². The van der Waals surface area contributed by atoms with Gasteiger partial charge in [-0.05, 0) is 85.3 Å². The van der Waals surface area contributed by atoms with Gasteiger partial charge in [-0.2, -0.15) is 4.31 Å². The van der Waals surface area contributed by atoms with Gasteiger partial charge in [0, 0.05) is 44.4 Å². The molecule has 4 N–H and O–H groups in total. The highest BCUT2D eigenvalue weighted by Gasteiger charge is 2.33. The molecule has 5 rings (SSSR count). The number of carbonyl (C=O) groups excluding carboxylic acids is 1. The van der Waals surface area contributed by atoms with Gasteiger partial charge in [-0.25, -0.2) is 9.07 Å². The van der Waals surface area contributed by atoms with Crippen molar-refractivity contribution < 1.29 is 18.3 Å². The molecule has 0 radical (unpaired) electrons. The lowest BCUT2D eigenvalue weighted by Gasteiger charge is -2.43. The zero-order valence-electron chi connectivity index (χ0n) is 25.7. The molecular formula is C33H41FN6O3S. The number of hydrogen-bond acceptors (Lipinski definition) is 7. The first-order valence-corrected chi connectivity index (χ1v) is 16.6. The van der Waals surface area contributed by atoms with Crippen LogP contribution in [0.25, 0.3) is 16.6 Å². The lowest BCUT2D eigenvalue weighted by atomic mass is 9.93. The lowest BCUT2D eigenvalue weighted by Crippen LogP contribution is -2.31. The molecule has 1 atom stereocenters.